The van der Waals surface area contributed by atoms with Crippen LogP contribution >= 0.6 is 554 Å². The largest absolute Gasteiger partial charge is 0.368 e. The number of nitrogens with zero attached hydrogens (tertiary/aromatic N) is 1. The minimum atomic E-state index is -4.23. The first-order chi connectivity index (χ1) is 53.8. The van der Waals surface area contributed by atoms with Gasteiger partial charge in [0.15, 0.2) is 0 Å². The van der Waals surface area contributed by atoms with Crippen molar-refractivity contribution in [3.63, 3.8) is 0 Å². The van der Waals surface area contributed by atoms with Gasteiger partial charge in [-0.05, 0) is 290 Å². The van der Waals surface area contributed by atoms with Gasteiger partial charge >= 0.3 is 0 Å². The average molecular weight is 2840 g/mol. The highest BCUT2D eigenvalue weighted by Gasteiger charge is 2.64. The molecule has 10 radical (unpaired) electrons. The predicted molar refractivity (Wildman–Crippen MR) is 754 cm³/mol. The third-order valence-corrected chi connectivity index (χ3v) is 494. The number of sulfonamides is 1. The molecule has 42 atom stereocenters. The minimum Gasteiger partial charge on any atom is -0.368 e. The molecule has 1 aliphatic heterocycles. The lowest BCUT2D eigenvalue weighted by molar-refractivity contribution is -0.125. The fourth-order valence-corrected chi connectivity index (χ4v) is 995. The molecule has 4 aromatic rings. The Morgan fingerprint density at radius 2 is 0.759 bits per heavy atom. The van der Waals surface area contributed by atoms with Gasteiger partial charge in [0, 0.05) is 22.0 Å². The van der Waals surface area contributed by atoms with Crippen LogP contribution in [0.2, 0.25) is 10.0 Å². The van der Waals surface area contributed by atoms with Crippen LogP contribution in [0.3, 0.4) is 0 Å². The zero-order valence-electron chi connectivity index (χ0n) is 60.9. The summed E-state index contributed by atoms with van der Waals surface area (Å²) in [6.07, 6.45) is 2.09. The molecule has 0 saturated heterocycles. The van der Waals surface area contributed by atoms with E-state index in [2.05, 4.69) is 291 Å². The summed E-state index contributed by atoms with van der Waals surface area (Å²) in [5.74, 6) is -1.31. The Morgan fingerprint density at radius 3 is 1.08 bits per heavy atom. The fraction of sp³-hybridized carbons (Fsp3) is 0.176. The van der Waals surface area contributed by atoms with Crippen molar-refractivity contribution in [2.75, 3.05) is 0 Å². The highest BCUT2D eigenvalue weighted by atomic mass is 35.5. The quantitative estimate of drug-likeness (QED) is 0.0340. The van der Waals surface area contributed by atoms with Crippen molar-refractivity contribution in [3.05, 3.63) is 147 Å². The minimum absolute atomic E-state index is 0.117. The summed E-state index contributed by atoms with van der Waals surface area (Å²) in [4.78, 5) is 26.7. The Bertz CT molecular complexity index is 3610. The number of primary amides is 1. The first kappa shape index (κ1) is 133. The summed E-state index contributed by atoms with van der Waals surface area (Å²) in [6, 6.07) is 26.9. The van der Waals surface area contributed by atoms with Crippen LogP contribution in [-0.4, -0.2) is 68.4 Å². The highest BCUT2D eigenvalue weighted by molar-refractivity contribution is 9.56. The van der Waals surface area contributed by atoms with Crippen molar-refractivity contribution in [2.45, 2.75) is 42.8 Å². The molecular formula is C34H95B5Cl2N3O4P67S. The second-order valence-corrected chi connectivity index (χ2v) is 302. The lowest BCUT2D eigenvalue weighted by atomic mass is 9.88. The van der Waals surface area contributed by atoms with Gasteiger partial charge in [-0.3, -0.25) is 9.59 Å². The predicted octanol–water partition coefficient (Wildman–Crippen LogP) is 45.0. The van der Waals surface area contributed by atoms with Crippen LogP contribution in [0.1, 0.15) is 40.8 Å². The molecule has 0 spiro atoms. The van der Waals surface area contributed by atoms with E-state index >= 15 is 0 Å². The van der Waals surface area contributed by atoms with Gasteiger partial charge in [0.25, 0.3) is 0 Å². The Labute approximate surface area is 826 Å². The van der Waals surface area contributed by atoms with Gasteiger partial charge in [0.2, 0.25) is 21.8 Å². The molecular weight excluding hydrogens is 2750 g/mol. The van der Waals surface area contributed by atoms with E-state index < -0.39 is 258 Å². The standard InChI is InChI=1S/C34H31Cl2N3O4S.B5H64P67/c1-22-8-5-6-13-31(22)44(42,43)39-30(24-14-16-26(35)17-15-24)19-18-28(32(39)25-11-7-12-27(36)21-25)34(41)38-29(33(37)40)20-23-9-3-2-4-10-23;1-38(2)56(37)65(55(35)36)70(66(57(39(3)4)40(5)6)58(41(7)8)42(9)10)72(69(63(51(27)28)52(29)30)64(53(31)32)54(33)34)71(67(59(43(11)12)44(13)14)60(45(15)16)46(17)18)68(61(47(19)20)48(21)22)62(49(23)24)50(25)26/h2-18,21,29-30,32H,19-20H2,1H3,(H2,37,40)(H,38,41);6-37H2/t29-,30?,32-;/m0./s1. The van der Waals surface area contributed by atoms with Gasteiger partial charge in [-0.2, -0.15) is 19.0 Å². The van der Waals surface area contributed by atoms with Gasteiger partial charge in [-0.1, -0.05) is 102 Å². The molecule has 7 nitrogen and oxygen atoms in total. The smallest absolute Gasteiger partial charge is 0.249 e. The number of hydrogen-bond donors (Lipinski definition) is 2. The molecule has 5 rings (SSSR count). The van der Waals surface area contributed by atoms with Gasteiger partial charge < -0.3 is 11.1 Å². The fourth-order valence-electron chi connectivity index (χ4n) is 9.85. The molecule has 116 heavy (non-hydrogen) atoms. The number of hydrogen-bond acceptors (Lipinski definition) is 4. The van der Waals surface area contributed by atoms with E-state index in [1.165, 1.54) is 4.31 Å². The highest BCUT2D eigenvalue weighted by Crippen LogP contribution is 3.50. The average Bonchev–Trinajstić information content (AvgIpc) is 0.722. The third kappa shape index (κ3) is 41.5. The molecule has 4 aromatic carbocycles. The van der Waals surface area contributed by atoms with E-state index in [4.69, 9.17) is 66.8 Å². The second-order valence-electron chi connectivity index (χ2n) is 22.1. The number of amides is 2. The molecule has 40 unspecified atom stereocenters. The number of aryl methyl sites for hydroxylation is 1. The summed E-state index contributed by atoms with van der Waals surface area (Å²) < 4.78 is 30.8. The molecule has 1 heterocycles. The van der Waals surface area contributed by atoms with E-state index in [1.54, 1.807) is 85.8 Å². The second kappa shape index (κ2) is 68.4. The van der Waals surface area contributed by atoms with Crippen LogP contribution in [0.5, 0.6) is 0 Å². The first-order valence-electron chi connectivity index (χ1n) is 30.4. The third-order valence-electron chi connectivity index (χ3n) is 14.0. The monoisotopic (exact) mass is 2840 g/mol. The van der Waals surface area contributed by atoms with Crippen molar-refractivity contribution in [1.82, 2.24) is 9.62 Å². The van der Waals surface area contributed by atoms with E-state index in [1.807, 2.05) is 30.3 Å². The normalized spacial score (nSPS) is 17.5. The molecule has 0 bridgehead atoms. The maximum Gasteiger partial charge on any atom is 0.249 e. The summed E-state index contributed by atoms with van der Waals surface area (Å²) in [5, 5.41) is 3.67. The van der Waals surface area contributed by atoms with Gasteiger partial charge in [0.1, 0.15) is 43.9 Å². The molecule has 0 aromatic heterocycles. The van der Waals surface area contributed by atoms with Crippen LogP contribution in [0.15, 0.2) is 120 Å². The number of nitrogens with two attached hydrogens (primary N) is 1. The molecule has 2 amide bonds. The SMILES string of the molecule is Cc1ccccc1S(=O)(=O)N1C(c2ccc(Cl)cc2)CC=C(C(=O)N[C@@H](Cc2ccccc2)C(N)=O)[C@@H]1c1cccc(Cl)c1.[B]P([B])P(P)P(P(P)P)P(P(P(P([B])[B])P([B])P)P(P(P)P)P(P)P)P(P(P(P(P)P)P(P)P)P(P(P)P)P(P)P)P(P(P(P(P)P)P(P)P)P(P(P)P)P(P)P)P(P(P(P)P)P(P)P)P(P(P)P)P(P)P. The van der Waals surface area contributed by atoms with Crippen LogP contribution < -0.4 is 11.1 Å². The maximum atomic E-state index is 14.7. The van der Waals surface area contributed by atoms with Gasteiger partial charge in [-0.25, -0.2) is 8.42 Å². The number of benzene rings is 4. The zero-order chi connectivity index (χ0) is 88.6. The Morgan fingerprint density at radius 1 is 0.422 bits per heavy atom. The van der Waals surface area contributed by atoms with Crippen molar-refractivity contribution >= 4 is 614 Å². The van der Waals surface area contributed by atoms with E-state index in [0.29, 0.717) is 26.7 Å². The number of nitrogens with one attached hydrogen (secondary N) is 1. The molecule has 0 aliphatic carbocycles. The molecule has 0 fully saturated rings. The maximum absolute atomic E-state index is 14.7. The lowest BCUT2D eigenvalue weighted by Crippen LogP contribution is -2.49. The Balaban J connectivity index is 0.000000543. The van der Waals surface area contributed by atoms with Crippen molar-refractivity contribution in [2.24, 2.45) is 5.73 Å². The van der Waals surface area contributed by atoms with Crippen molar-refractivity contribution in [1.29, 1.82) is 0 Å². The summed E-state index contributed by atoms with van der Waals surface area (Å²) >= 11 is 12.6. The zero-order valence-corrected chi connectivity index (χ0v) is 131. The number of carbonyl (C=O) groups excluding carboxylic acids is 2. The molecule has 640 valence electrons. The lowest BCUT2D eigenvalue weighted by Gasteiger charge is -2.62. The van der Waals surface area contributed by atoms with Crippen LogP contribution in [0.4, 0.5) is 0 Å². The Kier molecular flexibility index (Phi) is 78.8. The number of rotatable bonds is 43. The first-order valence-corrected chi connectivity index (χ1v) is 156. The molecule has 0 saturated carbocycles. The van der Waals surface area contributed by atoms with E-state index in [9.17, 15) is 18.0 Å². The van der Waals surface area contributed by atoms with Crippen molar-refractivity contribution in [3.8, 4) is 0 Å². The van der Waals surface area contributed by atoms with Gasteiger partial charge in [0.05, 0.1) is 17.0 Å². The van der Waals surface area contributed by atoms with Gasteiger partial charge in [-0.15, -0.1) is 293 Å². The van der Waals surface area contributed by atoms with E-state index in [0.717, 1.165) is 5.56 Å². The van der Waals surface area contributed by atoms with Crippen LogP contribution in [0.25, 0.3) is 0 Å². The molecule has 3 N–H and O–H groups in total. The van der Waals surface area contributed by atoms with Crippen molar-refractivity contribution < 1.29 is 18.0 Å². The Hall–Kier alpha value is 25.2. The summed E-state index contributed by atoms with van der Waals surface area (Å²) in [6.45, 7) is -13.7. The topological polar surface area (TPSA) is 110 Å². The van der Waals surface area contributed by atoms with Crippen LogP contribution in [0, 0.1) is 6.92 Å². The summed E-state index contributed by atoms with van der Waals surface area (Å²) in [5.41, 5.74) is 8.45. The van der Waals surface area contributed by atoms with Crippen LogP contribution in [-0.2, 0) is 26.0 Å². The molecule has 1 aliphatic rings. The van der Waals surface area contributed by atoms with E-state index in [-0.39, 0.29) is 51.3 Å². The molecule has 82 heteroatoms. The number of halogens is 2. The summed E-state index contributed by atoms with van der Waals surface area (Å²) in [7, 11) is 143. The number of carbonyl (C=O) groups is 2.